The zero-order valence-corrected chi connectivity index (χ0v) is 16.5. The maximum absolute atomic E-state index is 12.8. The monoisotopic (exact) mass is 389 g/mol. The second-order valence-electron chi connectivity index (χ2n) is 5.91. The molecule has 0 bridgehead atoms. The highest BCUT2D eigenvalue weighted by Crippen LogP contribution is 2.35. The van der Waals surface area contributed by atoms with E-state index in [1.54, 1.807) is 26.2 Å². The summed E-state index contributed by atoms with van der Waals surface area (Å²) in [4.78, 5) is 15.1. The van der Waals surface area contributed by atoms with Crippen LogP contribution in [0.1, 0.15) is 15.2 Å². The number of halogens is 1. The van der Waals surface area contributed by atoms with E-state index in [9.17, 15) is 4.79 Å². The van der Waals surface area contributed by atoms with Crippen molar-refractivity contribution >= 4 is 38.9 Å². The zero-order valence-electron chi connectivity index (χ0n) is 14.9. The van der Waals surface area contributed by atoms with Crippen LogP contribution in [0.3, 0.4) is 0 Å². The number of hydrogen-bond acceptors (Lipinski definition) is 4. The number of benzene rings is 2. The molecule has 0 spiro atoms. The maximum Gasteiger partial charge on any atom is 0.265 e. The Balaban J connectivity index is 1.72. The van der Waals surface area contributed by atoms with E-state index in [1.807, 2.05) is 42.5 Å². The number of hydrogen-bond donors (Lipinski definition) is 0. The van der Waals surface area contributed by atoms with E-state index in [0.717, 1.165) is 15.6 Å². The lowest BCUT2D eigenvalue weighted by atomic mass is 10.1. The summed E-state index contributed by atoms with van der Waals surface area (Å²) in [6.07, 6.45) is 0.713. The third kappa shape index (κ3) is 3.64. The van der Waals surface area contributed by atoms with Gasteiger partial charge >= 0.3 is 0 Å². The Morgan fingerprint density at radius 2 is 1.85 bits per heavy atom. The van der Waals surface area contributed by atoms with Crippen molar-refractivity contribution in [1.29, 1.82) is 0 Å². The van der Waals surface area contributed by atoms with Gasteiger partial charge in [0.15, 0.2) is 11.5 Å². The normalized spacial score (nSPS) is 10.8. The van der Waals surface area contributed by atoms with Crippen LogP contribution < -0.4 is 9.47 Å². The van der Waals surface area contributed by atoms with Crippen molar-refractivity contribution in [2.45, 2.75) is 6.42 Å². The molecule has 26 heavy (non-hydrogen) atoms. The van der Waals surface area contributed by atoms with Gasteiger partial charge in [0.25, 0.3) is 5.91 Å². The number of fused-ring (bicyclic) bond motifs is 1. The molecule has 1 aromatic heterocycles. The van der Waals surface area contributed by atoms with Gasteiger partial charge < -0.3 is 14.4 Å². The largest absolute Gasteiger partial charge is 0.493 e. The zero-order chi connectivity index (χ0) is 18.7. The van der Waals surface area contributed by atoms with Gasteiger partial charge in [-0.1, -0.05) is 35.9 Å². The van der Waals surface area contributed by atoms with Crippen molar-refractivity contribution in [2.24, 2.45) is 0 Å². The predicted molar refractivity (Wildman–Crippen MR) is 107 cm³/mol. The van der Waals surface area contributed by atoms with Gasteiger partial charge in [0.2, 0.25) is 0 Å². The first-order valence-electron chi connectivity index (χ1n) is 8.18. The first-order chi connectivity index (χ1) is 12.5. The molecule has 0 aliphatic carbocycles. The Kier molecular flexibility index (Phi) is 5.69. The lowest BCUT2D eigenvalue weighted by Gasteiger charge is -2.17. The first-order valence-corrected chi connectivity index (χ1v) is 9.38. The fourth-order valence-electron chi connectivity index (χ4n) is 2.76. The Bertz CT molecular complexity index is 938. The van der Waals surface area contributed by atoms with Crippen molar-refractivity contribution in [3.05, 3.63) is 57.9 Å². The number of methoxy groups -OCH3 is 2. The van der Waals surface area contributed by atoms with E-state index in [-0.39, 0.29) is 5.91 Å². The lowest BCUT2D eigenvalue weighted by molar-refractivity contribution is 0.0801. The molecule has 1 heterocycles. The number of likely N-dealkylation sites (N-methyl/N-ethyl adjacent to an activating group) is 1. The van der Waals surface area contributed by atoms with Crippen LogP contribution in [-0.4, -0.2) is 38.6 Å². The molecule has 1 amide bonds. The number of rotatable bonds is 6. The summed E-state index contributed by atoms with van der Waals surface area (Å²) >= 11 is 7.85. The van der Waals surface area contributed by atoms with Crippen molar-refractivity contribution in [3.8, 4) is 11.5 Å². The Morgan fingerprint density at radius 3 is 2.54 bits per heavy atom. The van der Waals surface area contributed by atoms with E-state index in [0.29, 0.717) is 34.4 Å². The molecule has 136 valence electrons. The van der Waals surface area contributed by atoms with Gasteiger partial charge in [-0.25, -0.2) is 0 Å². The summed E-state index contributed by atoms with van der Waals surface area (Å²) in [7, 11) is 5.02. The van der Waals surface area contributed by atoms with Crippen LogP contribution >= 0.6 is 22.9 Å². The van der Waals surface area contributed by atoms with Crippen molar-refractivity contribution in [1.82, 2.24) is 4.90 Å². The molecule has 0 fully saturated rings. The van der Waals surface area contributed by atoms with Crippen LogP contribution in [0.4, 0.5) is 0 Å². The minimum absolute atomic E-state index is 0.0586. The van der Waals surface area contributed by atoms with Gasteiger partial charge in [0, 0.05) is 23.7 Å². The molecule has 0 saturated heterocycles. The second kappa shape index (κ2) is 7.98. The molecule has 0 N–H and O–H groups in total. The van der Waals surface area contributed by atoms with E-state index in [2.05, 4.69) is 0 Å². The average Bonchev–Trinajstić information content (AvgIpc) is 3.02. The smallest absolute Gasteiger partial charge is 0.265 e. The summed E-state index contributed by atoms with van der Waals surface area (Å²) in [6, 6.07) is 13.6. The number of nitrogens with zero attached hydrogens (tertiary/aromatic N) is 1. The summed E-state index contributed by atoms with van der Waals surface area (Å²) in [5, 5.41) is 1.46. The molecule has 4 nitrogen and oxygen atoms in total. The predicted octanol–water partition coefficient (Wildman–Crippen LogP) is 4.89. The average molecular weight is 390 g/mol. The molecule has 0 radical (unpaired) electrons. The molecule has 6 heteroatoms. The van der Waals surface area contributed by atoms with Crippen LogP contribution in [0.5, 0.6) is 11.5 Å². The molecular weight excluding hydrogens is 370 g/mol. The van der Waals surface area contributed by atoms with Crippen LogP contribution in [0.2, 0.25) is 5.02 Å². The standard InChI is InChI=1S/C20H20ClNO3S/c1-22(11-10-13-8-9-15(24-2)16(12-13)25-3)20(23)19-18(21)14-6-4-5-7-17(14)26-19/h4-9,12H,10-11H2,1-3H3. The van der Waals surface area contributed by atoms with Gasteiger partial charge in [0.05, 0.1) is 19.2 Å². The van der Waals surface area contributed by atoms with Gasteiger partial charge in [-0.05, 0) is 30.2 Å². The third-order valence-electron chi connectivity index (χ3n) is 4.26. The van der Waals surface area contributed by atoms with Gasteiger partial charge in [0.1, 0.15) is 4.88 Å². The molecule has 0 unspecified atom stereocenters. The minimum Gasteiger partial charge on any atom is -0.493 e. The highest BCUT2D eigenvalue weighted by molar-refractivity contribution is 7.21. The van der Waals surface area contributed by atoms with Gasteiger partial charge in [-0.3, -0.25) is 4.79 Å². The Labute approximate surface area is 161 Å². The quantitative estimate of drug-likeness (QED) is 0.602. The van der Waals surface area contributed by atoms with Gasteiger partial charge in [-0.15, -0.1) is 11.3 Å². The van der Waals surface area contributed by atoms with E-state index in [4.69, 9.17) is 21.1 Å². The maximum atomic E-state index is 12.8. The molecule has 2 aromatic carbocycles. The van der Waals surface area contributed by atoms with Crippen LogP contribution in [0.15, 0.2) is 42.5 Å². The van der Waals surface area contributed by atoms with E-state index in [1.165, 1.54) is 11.3 Å². The fraction of sp³-hybridized carbons (Fsp3) is 0.250. The van der Waals surface area contributed by atoms with Crippen molar-refractivity contribution < 1.29 is 14.3 Å². The topological polar surface area (TPSA) is 38.8 Å². The lowest BCUT2D eigenvalue weighted by Crippen LogP contribution is -2.28. The van der Waals surface area contributed by atoms with Crippen molar-refractivity contribution in [3.63, 3.8) is 0 Å². The highest BCUT2D eigenvalue weighted by Gasteiger charge is 2.20. The fourth-order valence-corrected chi connectivity index (χ4v) is 4.27. The third-order valence-corrected chi connectivity index (χ3v) is 5.92. The molecule has 0 saturated carbocycles. The first kappa shape index (κ1) is 18.5. The van der Waals surface area contributed by atoms with Crippen LogP contribution in [-0.2, 0) is 6.42 Å². The van der Waals surface area contributed by atoms with Gasteiger partial charge in [-0.2, -0.15) is 0 Å². The number of carbonyl (C=O) groups is 1. The van der Waals surface area contributed by atoms with Crippen LogP contribution in [0.25, 0.3) is 10.1 Å². The summed E-state index contributed by atoms with van der Waals surface area (Å²) in [5.41, 5.74) is 1.07. The number of ether oxygens (including phenoxy) is 2. The summed E-state index contributed by atoms with van der Waals surface area (Å²) < 4.78 is 11.6. The molecular formula is C20H20ClNO3S. The number of amides is 1. The molecule has 0 aliphatic heterocycles. The van der Waals surface area contributed by atoms with Crippen LogP contribution in [0, 0.1) is 0 Å². The molecule has 0 atom stereocenters. The SMILES string of the molecule is COc1ccc(CCN(C)C(=O)c2sc3ccccc3c2Cl)cc1OC. The minimum atomic E-state index is -0.0586. The Hall–Kier alpha value is -2.24. The van der Waals surface area contributed by atoms with Crippen molar-refractivity contribution in [2.75, 3.05) is 27.8 Å². The molecule has 3 aromatic rings. The molecule has 3 rings (SSSR count). The van der Waals surface area contributed by atoms with E-state index < -0.39 is 0 Å². The number of carbonyl (C=O) groups excluding carboxylic acids is 1. The number of thiophene rings is 1. The van der Waals surface area contributed by atoms with E-state index >= 15 is 0 Å². The Morgan fingerprint density at radius 1 is 1.12 bits per heavy atom. The summed E-state index contributed by atoms with van der Waals surface area (Å²) in [5.74, 6) is 1.32. The second-order valence-corrected chi connectivity index (χ2v) is 7.34. The highest BCUT2D eigenvalue weighted by atomic mass is 35.5. The molecule has 0 aliphatic rings. The summed E-state index contributed by atoms with van der Waals surface area (Å²) in [6.45, 7) is 0.582.